The lowest BCUT2D eigenvalue weighted by atomic mass is 10.2. The molecule has 0 aliphatic heterocycles. The molecule has 0 saturated carbocycles. The average Bonchev–Trinajstić information content (AvgIpc) is 2.14. The van der Waals surface area contributed by atoms with Crippen molar-refractivity contribution in [1.82, 2.24) is 0 Å². The molecule has 0 atom stereocenters. The first-order valence-electron chi connectivity index (χ1n) is 4.41. The van der Waals surface area contributed by atoms with Crippen molar-refractivity contribution in [2.45, 2.75) is 18.4 Å². The van der Waals surface area contributed by atoms with Gasteiger partial charge in [0, 0.05) is 12.9 Å². The van der Waals surface area contributed by atoms with Crippen LogP contribution in [0.2, 0.25) is 0 Å². The summed E-state index contributed by atoms with van der Waals surface area (Å²) in [5, 5.41) is 0. The lowest BCUT2D eigenvalue weighted by Crippen LogP contribution is -1.97. The summed E-state index contributed by atoms with van der Waals surface area (Å²) in [5.74, 6) is 0. The Morgan fingerprint density at radius 3 is 2.21 bits per heavy atom. The van der Waals surface area contributed by atoms with E-state index in [0.29, 0.717) is 18.1 Å². The quantitative estimate of drug-likeness (QED) is 0.765. The second-order valence-corrected chi connectivity index (χ2v) is 5.07. The minimum absolute atomic E-state index is 0.345. The Balaban J connectivity index is 2.79. The van der Waals surface area contributed by atoms with Crippen molar-refractivity contribution < 1.29 is 13.2 Å². The molecule has 0 fully saturated rings. The zero-order valence-corrected chi connectivity index (χ0v) is 9.17. The molecule has 0 amide bonds. The molecule has 4 heteroatoms. The summed E-state index contributed by atoms with van der Waals surface area (Å²) in [5.41, 5.74) is 0.985. The highest BCUT2D eigenvalue weighted by atomic mass is 32.2. The van der Waals surface area contributed by atoms with E-state index in [9.17, 15) is 8.42 Å². The third-order valence-corrected chi connectivity index (χ3v) is 2.95. The second kappa shape index (κ2) is 4.57. The molecule has 0 aromatic heterocycles. The molecule has 14 heavy (non-hydrogen) atoms. The molecule has 1 rings (SSSR count). The van der Waals surface area contributed by atoms with E-state index in [1.807, 2.05) is 6.92 Å². The van der Waals surface area contributed by atoms with E-state index in [4.69, 9.17) is 4.74 Å². The van der Waals surface area contributed by atoms with Crippen molar-refractivity contribution in [1.29, 1.82) is 0 Å². The molecular weight excluding hydrogens is 200 g/mol. The van der Waals surface area contributed by atoms with E-state index >= 15 is 0 Å². The van der Waals surface area contributed by atoms with E-state index < -0.39 is 9.84 Å². The molecule has 0 aliphatic carbocycles. The molecule has 0 N–H and O–H groups in total. The predicted molar refractivity (Wildman–Crippen MR) is 54.9 cm³/mol. The summed E-state index contributed by atoms with van der Waals surface area (Å²) < 4.78 is 27.4. The van der Waals surface area contributed by atoms with Gasteiger partial charge in [-0.2, -0.15) is 0 Å². The van der Waals surface area contributed by atoms with Crippen molar-refractivity contribution in [2.24, 2.45) is 0 Å². The molecule has 0 bridgehead atoms. The number of hydrogen-bond donors (Lipinski definition) is 0. The van der Waals surface area contributed by atoms with E-state index in [1.54, 1.807) is 24.3 Å². The van der Waals surface area contributed by atoms with Gasteiger partial charge in [-0.1, -0.05) is 12.1 Å². The first-order valence-corrected chi connectivity index (χ1v) is 6.30. The maximum absolute atomic E-state index is 11.1. The largest absolute Gasteiger partial charge is 0.377 e. The SMILES string of the molecule is CCOCc1ccc(S(C)(=O)=O)cc1. The van der Waals surface area contributed by atoms with Crippen molar-refractivity contribution >= 4 is 9.84 Å². The van der Waals surface area contributed by atoms with Gasteiger partial charge in [-0.15, -0.1) is 0 Å². The van der Waals surface area contributed by atoms with Crippen LogP contribution < -0.4 is 0 Å². The number of ether oxygens (including phenoxy) is 1. The number of benzene rings is 1. The van der Waals surface area contributed by atoms with E-state index in [1.165, 1.54) is 6.26 Å². The van der Waals surface area contributed by atoms with Crippen molar-refractivity contribution in [3.8, 4) is 0 Å². The molecule has 0 radical (unpaired) electrons. The maximum atomic E-state index is 11.1. The Labute approximate surface area is 84.6 Å². The van der Waals surface area contributed by atoms with Gasteiger partial charge >= 0.3 is 0 Å². The molecule has 0 spiro atoms. The van der Waals surface area contributed by atoms with Gasteiger partial charge in [-0.05, 0) is 24.6 Å². The predicted octanol–water partition coefficient (Wildman–Crippen LogP) is 1.63. The van der Waals surface area contributed by atoms with Gasteiger partial charge in [0.05, 0.1) is 11.5 Å². The normalized spacial score (nSPS) is 11.6. The second-order valence-electron chi connectivity index (χ2n) is 3.05. The first-order chi connectivity index (χ1) is 6.54. The van der Waals surface area contributed by atoms with Crippen LogP contribution in [0.4, 0.5) is 0 Å². The molecular formula is C10H14O3S. The van der Waals surface area contributed by atoms with Crippen LogP contribution in [0.3, 0.4) is 0 Å². The molecule has 0 aliphatic rings. The van der Waals surface area contributed by atoms with E-state index in [2.05, 4.69) is 0 Å². The standard InChI is InChI=1S/C10H14O3S/c1-3-13-8-9-4-6-10(7-5-9)14(2,11)12/h4-7H,3,8H2,1-2H3. The molecule has 0 saturated heterocycles. The van der Waals surface area contributed by atoms with Crippen LogP contribution in [0.5, 0.6) is 0 Å². The van der Waals surface area contributed by atoms with E-state index in [0.717, 1.165) is 5.56 Å². The minimum Gasteiger partial charge on any atom is -0.377 e. The maximum Gasteiger partial charge on any atom is 0.175 e. The third kappa shape index (κ3) is 3.12. The Morgan fingerprint density at radius 1 is 1.21 bits per heavy atom. The highest BCUT2D eigenvalue weighted by Crippen LogP contribution is 2.10. The number of sulfone groups is 1. The van der Waals surface area contributed by atoms with Crippen LogP contribution >= 0.6 is 0 Å². The number of hydrogen-bond acceptors (Lipinski definition) is 3. The van der Waals surface area contributed by atoms with Crippen LogP contribution in [-0.4, -0.2) is 21.3 Å². The van der Waals surface area contributed by atoms with Crippen molar-refractivity contribution in [2.75, 3.05) is 12.9 Å². The minimum atomic E-state index is -3.08. The summed E-state index contributed by atoms with van der Waals surface area (Å²) >= 11 is 0. The zero-order chi connectivity index (χ0) is 10.6. The summed E-state index contributed by atoms with van der Waals surface area (Å²) in [6.45, 7) is 3.11. The van der Waals surface area contributed by atoms with Crippen molar-refractivity contribution in [3.05, 3.63) is 29.8 Å². The van der Waals surface area contributed by atoms with Gasteiger partial charge in [0.2, 0.25) is 0 Å². The fraction of sp³-hybridized carbons (Fsp3) is 0.400. The van der Waals surface area contributed by atoms with Gasteiger partial charge in [0.25, 0.3) is 0 Å². The summed E-state index contributed by atoms with van der Waals surface area (Å²) in [4.78, 5) is 0.345. The summed E-state index contributed by atoms with van der Waals surface area (Å²) in [7, 11) is -3.08. The Bertz CT molecular complexity index is 378. The van der Waals surface area contributed by atoms with Crippen molar-refractivity contribution in [3.63, 3.8) is 0 Å². The van der Waals surface area contributed by atoms with Gasteiger partial charge in [-0.3, -0.25) is 0 Å². The fourth-order valence-corrected chi connectivity index (χ4v) is 1.68. The number of rotatable bonds is 4. The fourth-order valence-electron chi connectivity index (χ4n) is 1.05. The van der Waals surface area contributed by atoms with E-state index in [-0.39, 0.29) is 0 Å². The molecule has 0 heterocycles. The summed E-state index contributed by atoms with van der Waals surface area (Å²) in [6, 6.07) is 6.74. The summed E-state index contributed by atoms with van der Waals surface area (Å²) in [6.07, 6.45) is 1.20. The molecule has 1 aromatic carbocycles. The highest BCUT2D eigenvalue weighted by molar-refractivity contribution is 7.90. The van der Waals surface area contributed by atoms with Gasteiger partial charge < -0.3 is 4.74 Å². The highest BCUT2D eigenvalue weighted by Gasteiger charge is 2.05. The van der Waals surface area contributed by atoms with Gasteiger partial charge in [-0.25, -0.2) is 8.42 Å². The lowest BCUT2D eigenvalue weighted by molar-refractivity contribution is 0.134. The van der Waals surface area contributed by atoms with Crippen LogP contribution in [0.25, 0.3) is 0 Å². The molecule has 1 aromatic rings. The Morgan fingerprint density at radius 2 is 1.79 bits per heavy atom. The van der Waals surface area contributed by atoms with Crippen LogP contribution in [0, 0.1) is 0 Å². The van der Waals surface area contributed by atoms with Crippen LogP contribution in [0.15, 0.2) is 29.2 Å². The zero-order valence-electron chi connectivity index (χ0n) is 8.36. The van der Waals surface area contributed by atoms with Gasteiger partial charge in [0.15, 0.2) is 9.84 Å². The lowest BCUT2D eigenvalue weighted by Gasteiger charge is -2.02. The van der Waals surface area contributed by atoms with Crippen LogP contribution in [-0.2, 0) is 21.2 Å². The first kappa shape index (κ1) is 11.2. The molecule has 0 unspecified atom stereocenters. The molecule has 78 valence electrons. The Hall–Kier alpha value is -0.870. The topological polar surface area (TPSA) is 43.4 Å². The third-order valence-electron chi connectivity index (χ3n) is 1.82. The Kier molecular flexibility index (Phi) is 3.66. The van der Waals surface area contributed by atoms with Crippen LogP contribution in [0.1, 0.15) is 12.5 Å². The monoisotopic (exact) mass is 214 g/mol. The molecule has 3 nitrogen and oxygen atoms in total. The van der Waals surface area contributed by atoms with Gasteiger partial charge in [0.1, 0.15) is 0 Å². The average molecular weight is 214 g/mol. The smallest absolute Gasteiger partial charge is 0.175 e.